The maximum absolute atomic E-state index is 8.83. The molecule has 0 aliphatic heterocycles. The first kappa shape index (κ1) is 9.50. The minimum atomic E-state index is 0.651. The molecule has 0 atom stereocenters. The third kappa shape index (κ3) is 1.39. The van der Waals surface area contributed by atoms with E-state index in [0.717, 1.165) is 19.6 Å². The summed E-state index contributed by atoms with van der Waals surface area (Å²) in [6, 6.07) is 7.81. The quantitative estimate of drug-likeness (QED) is 0.792. The highest BCUT2D eigenvalue weighted by atomic mass is 79.9. The third-order valence-corrected chi connectivity index (χ3v) is 3.85. The molecule has 2 aromatic rings. The van der Waals surface area contributed by atoms with E-state index < -0.39 is 0 Å². The van der Waals surface area contributed by atoms with Crippen molar-refractivity contribution in [2.45, 2.75) is 0 Å². The summed E-state index contributed by atoms with van der Waals surface area (Å²) >= 11 is 4.98. The van der Waals surface area contributed by atoms with E-state index in [9.17, 15) is 0 Å². The molecule has 0 saturated carbocycles. The Balaban J connectivity index is 2.76. The largest absolute Gasteiger partial charge is 0.487 e. The fourth-order valence-electron chi connectivity index (χ4n) is 1.24. The summed E-state index contributed by atoms with van der Waals surface area (Å²) in [5.41, 5.74) is 0.651. The van der Waals surface area contributed by atoms with E-state index in [1.54, 1.807) is 18.4 Å². The van der Waals surface area contributed by atoms with Gasteiger partial charge in [0.05, 0.1) is 12.7 Å². The lowest BCUT2D eigenvalue weighted by Gasteiger charge is -1.95. The molecule has 0 unspecified atom stereocenters. The standard InChI is InChI=1S/C10H6BrNOS/c1-13-9-4-7-8(14-9)3-2-6(5-12)10(7)11/h2-4H,1H3. The molecular formula is C10H6BrNOS. The van der Waals surface area contributed by atoms with Crippen LogP contribution in [0.4, 0.5) is 0 Å². The molecule has 1 aromatic carbocycles. The summed E-state index contributed by atoms with van der Waals surface area (Å²) in [5, 5.41) is 10.7. The van der Waals surface area contributed by atoms with Crippen LogP contribution in [0.3, 0.4) is 0 Å². The van der Waals surface area contributed by atoms with Gasteiger partial charge in [-0.2, -0.15) is 5.26 Å². The molecule has 2 rings (SSSR count). The van der Waals surface area contributed by atoms with Crippen LogP contribution in [0.2, 0.25) is 0 Å². The Morgan fingerprint density at radius 3 is 2.93 bits per heavy atom. The van der Waals surface area contributed by atoms with E-state index in [-0.39, 0.29) is 0 Å². The number of hydrogen-bond donors (Lipinski definition) is 0. The first-order valence-electron chi connectivity index (χ1n) is 3.92. The van der Waals surface area contributed by atoms with Gasteiger partial charge in [-0.15, -0.1) is 0 Å². The van der Waals surface area contributed by atoms with Gasteiger partial charge in [-0.3, -0.25) is 0 Å². The van der Waals surface area contributed by atoms with Crippen molar-refractivity contribution in [1.29, 1.82) is 5.26 Å². The van der Waals surface area contributed by atoms with Crippen molar-refractivity contribution in [2.75, 3.05) is 7.11 Å². The smallest absolute Gasteiger partial charge is 0.174 e. The first-order valence-corrected chi connectivity index (χ1v) is 5.53. The lowest BCUT2D eigenvalue weighted by atomic mass is 10.2. The Labute approximate surface area is 93.9 Å². The molecule has 0 saturated heterocycles. The SMILES string of the molecule is COc1cc2c(Br)c(C#N)ccc2s1. The van der Waals surface area contributed by atoms with Gasteiger partial charge in [0, 0.05) is 20.6 Å². The van der Waals surface area contributed by atoms with Crippen LogP contribution >= 0.6 is 27.3 Å². The summed E-state index contributed by atoms with van der Waals surface area (Å²) in [5.74, 6) is 0. The Bertz CT molecular complexity index is 527. The van der Waals surface area contributed by atoms with Crippen LogP contribution in [0.5, 0.6) is 5.06 Å². The topological polar surface area (TPSA) is 33.0 Å². The predicted octanol–water partition coefficient (Wildman–Crippen LogP) is 3.54. The maximum atomic E-state index is 8.83. The van der Waals surface area contributed by atoms with Crippen LogP contribution in [0.15, 0.2) is 22.7 Å². The molecule has 0 radical (unpaired) electrons. The van der Waals surface area contributed by atoms with Crippen LogP contribution in [-0.2, 0) is 0 Å². The zero-order valence-electron chi connectivity index (χ0n) is 7.37. The van der Waals surface area contributed by atoms with Gasteiger partial charge in [-0.25, -0.2) is 0 Å². The Morgan fingerprint density at radius 2 is 2.29 bits per heavy atom. The average Bonchev–Trinajstić information content (AvgIpc) is 2.62. The minimum Gasteiger partial charge on any atom is -0.487 e. The molecule has 0 amide bonds. The normalized spacial score (nSPS) is 10.1. The molecule has 0 N–H and O–H groups in total. The fraction of sp³-hybridized carbons (Fsp3) is 0.100. The molecule has 0 bridgehead atoms. The molecule has 0 fully saturated rings. The van der Waals surface area contributed by atoms with E-state index in [4.69, 9.17) is 10.00 Å². The molecule has 0 aliphatic rings. The van der Waals surface area contributed by atoms with E-state index >= 15 is 0 Å². The number of rotatable bonds is 1. The molecule has 1 aromatic heterocycles. The summed E-state index contributed by atoms with van der Waals surface area (Å²) in [7, 11) is 1.64. The van der Waals surface area contributed by atoms with Gasteiger partial charge in [-0.05, 0) is 28.1 Å². The third-order valence-electron chi connectivity index (χ3n) is 1.93. The fourth-order valence-corrected chi connectivity index (χ4v) is 2.81. The van der Waals surface area contributed by atoms with Crippen LogP contribution in [0, 0.1) is 11.3 Å². The van der Waals surface area contributed by atoms with E-state index in [0.29, 0.717) is 5.56 Å². The van der Waals surface area contributed by atoms with Gasteiger partial charge in [0.15, 0.2) is 5.06 Å². The second kappa shape index (κ2) is 3.60. The number of hydrogen-bond acceptors (Lipinski definition) is 3. The van der Waals surface area contributed by atoms with Gasteiger partial charge in [0.1, 0.15) is 6.07 Å². The average molecular weight is 268 g/mol. The van der Waals surface area contributed by atoms with Gasteiger partial charge in [0.2, 0.25) is 0 Å². The van der Waals surface area contributed by atoms with Crippen molar-refractivity contribution in [3.8, 4) is 11.1 Å². The van der Waals surface area contributed by atoms with Crippen molar-refractivity contribution in [3.63, 3.8) is 0 Å². The lowest BCUT2D eigenvalue weighted by molar-refractivity contribution is 0.427. The van der Waals surface area contributed by atoms with Crippen molar-refractivity contribution in [2.24, 2.45) is 0 Å². The summed E-state index contributed by atoms with van der Waals surface area (Å²) in [6.07, 6.45) is 0. The van der Waals surface area contributed by atoms with E-state index in [1.165, 1.54) is 0 Å². The lowest BCUT2D eigenvalue weighted by Crippen LogP contribution is -1.76. The zero-order chi connectivity index (χ0) is 10.1. The number of methoxy groups -OCH3 is 1. The Hall–Kier alpha value is -1.05. The van der Waals surface area contributed by atoms with Crippen molar-refractivity contribution >= 4 is 37.4 Å². The van der Waals surface area contributed by atoms with Gasteiger partial charge < -0.3 is 4.74 Å². The summed E-state index contributed by atoms with van der Waals surface area (Å²) in [6.45, 7) is 0. The highest BCUT2D eigenvalue weighted by Gasteiger charge is 2.08. The van der Waals surface area contributed by atoms with Gasteiger partial charge >= 0.3 is 0 Å². The molecule has 4 heteroatoms. The highest BCUT2D eigenvalue weighted by molar-refractivity contribution is 9.10. The number of fused-ring (bicyclic) bond motifs is 1. The number of benzene rings is 1. The van der Waals surface area contributed by atoms with Crippen LogP contribution < -0.4 is 4.74 Å². The zero-order valence-corrected chi connectivity index (χ0v) is 9.78. The van der Waals surface area contributed by atoms with Crippen LogP contribution in [0.1, 0.15) is 5.56 Å². The number of ether oxygens (including phenoxy) is 1. The van der Waals surface area contributed by atoms with Gasteiger partial charge in [0.25, 0.3) is 0 Å². The molecule has 0 spiro atoms. The monoisotopic (exact) mass is 267 g/mol. The number of thiophene rings is 1. The molecular weight excluding hydrogens is 262 g/mol. The molecule has 1 heterocycles. The van der Waals surface area contributed by atoms with Crippen molar-refractivity contribution in [3.05, 3.63) is 28.2 Å². The van der Waals surface area contributed by atoms with Crippen LogP contribution in [-0.4, -0.2) is 7.11 Å². The maximum Gasteiger partial charge on any atom is 0.174 e. The highest BCUT2D eigenvalue weighted by Crippen LogP contribution is 2.37. The molecule has 0 aliphatic carbocycles. The summed E-state index contributed by atoms with van der Waals surface area (Å²) < 4.78 is 7.11. The van der Waals surface area contributed by atoms with Crippen LogP contribution in [0.25, 0.3) is 10.1 Å². The van der Waals surface area contributed by atoms with Crippen molar-refractivity contribution < 1.29 is 4.74 Å². The van der Waals surface area contributed by atoms with E-state index in [2.05, 4.69) is 22.0 Å². The minimum absolute atomic E-state index is 0.651. The predicted molar refractivity (Wildman–Crippen MR) is 60.8 cm³/mol. The Morgan fingerprint density at radius 1 is 1.50 bits per heavy atom. The number of halogens is 1. The number of nitriles is 1. The van der Waals surface area contributed by atoms with Gasteiger partial charge in [-0.1, -0.05) is 11.3 Å². The van der Waals surface area contributed by atoms with Crippen molar-refractivity contribution in [1.82, 2.24) is 0 Å². The first-order chi connectivity index (χ1) is 6.76. The molecule has 70 valence electrons. The van der Waals surface area contributed by atoms with E-state index in [1.807, 2.05) is 18.2 Å². The molecule has 14 heavy (non-hydrogen) atoms. The molecule has 2 nitrogen and oxygen atoms in total. The second-order valence-electron chi connectivity index (χ2n) is 2.72. The Kier molecular flexibility index (Phi) is 2.44. The summed E-state index contributed by atoms with van der Waals surface area (Å²) in [4.78, 5) is 0. The second-order valence-corrected chi connectivity index (χ2v) is 4.56. The number of nitrogens with zero attached hydrogens (tertiary/aromatic N) is 1.